The number of amides is 1. The molecule has 0 saturated heterocycles. The van der Waals surface area contributed by atoms with Crippen LogP contribution in [-0.4, -0.2) is 17.4 Å². The zero-order valence-corrected chi connectivity index (χ0v) is 10.1. The average molecular weight is 256 g/mol. The van der Waals surface area contributed by atoms with E-state index in [0.29, 0.717) is 30.1 Å². The largest absolute Gasteiger partial charge is 0.435 e. The molecular formula is C13H12N4O2. The van der Waals surface area contributed by atoms with E-state index in [-0.39, 0.29) is 5.76 Å². The van der Waals surface area contributed by atoms with E-state index in [0.717, 1.165) is 0 Å². The Balaban J connectivity index is 2.09. The molecule has 6 heteroatoms. The van der Waals surface area contributed by atoms with Crippen molar-refractivity contribution >= 4 is 11.6 Å². The van der Waals surface area contributed by atoms with E-state index >= 15 is 0 Å². The Morgan fingerprint density at radius 3 is 3.11 bits per heavy atom. The highest BCUT2D eigenvalue weighted by molar-refractivity contribution is 6.02. The van der Waals surface area contributed by atoms with Gasteiger partial charge in [-0.3, -0.25) is 4.79 Å². The average Bonchev–Trinajstić information content (AvgIpc) is 2.88. The van der Waals surface area contributed by atoms with Crippen LogP contribution in [-0.2, 0) is 6.42 Å². The maximum atomic E-state index is 11.9. The number of aromatic nitrogens is 1. The number of anilines is 1. The van der Waals surface area contributed by atoms with Crippen molar-refractivity contribution in [2.45, 2.75) is 6.42 Å². The van der Waals surface area contributed by atoms with Crippen molar-refractivity contribution in [1.29, 1.82) is 5.26 Å². The van der Waals surface area contributed by atoms with Crippen LogP contribution in [0.4, 0.5) is 5.69 Å². The second kappa shape index (κ2) is 5.80. The summed E-state index contributed by atoms with van der Waals surface area (Å²) in [6.07, 6.45) is 1.84. The number of nitrogens with two attached hydrogens (primary N) is 1. The number of nitrogens with one attached hydrogen (secondary N) is 1. The zero-order chi connectivity index (χ0) is 13.7. The normalized spacial score (nSPS) is 9.89. The maximum Gasteiger partial charge on any atom is 0.293 e. The maximum absolute atomic E-state index is 11.9. The molecule has 1 amide bonds. The number of rotatable bonds is 4. The number of hydrogen-bond donors (Lipinski definition) is 2. The van der Waals surface area contributed by atoms with Crippen molar-refractivity contribution in [2.75, 3.05) is 11.9 Å². The first-order valence-electron chi connectivity index (χ1n) is 5.69. The Hall–Kier alpha value is -2.65. The second-order valence-corrected chi connectivity index (χ2v) is 3.80. The highest BCUT2D eigenvalue weighted by atomic mass is 16.4. The van der Waals surface area contributed by atoms with Gasteiger partial charge in [0.2, 0.25) is 5.76 Å². The Labute approximate surface area is 109 Å². The molecular weight excluding hydrogens is 244 g/mol. The van der Waals surface area contributed by atoms with Crippen molar-refractivity contribution in [2.24, 2.45) is 5.73 Å². The van der Waals surface area contributed by atoms with Gasteiger partial charge >= 0.3 is 0 Å². The molecule has 1 aromatic carbocycles. The number of carbonyl (C=O) groups excluding carboxylic acids is 1. The molecule has 0 fully saturated rings. The Morgan fingerprint density at radius 2 is 2.37 bits per heavy atom. The molecule has 1 aromatic heterocycles. The molecule has 0 aliphatic rings. The van der Waals surface area contributed by atoms with Crippen LogP contribution in [0.5, 0.6) is 0 Å². The van der Waals surface area contributed by atoms with Gasteiger partial charge < -0.3 is 15.5 Å². The fraction of sp³-hybridized carbons (Fsp3) is 0.154. The molecule has 0 spiro atoms. The summed E-state index contributed by atoms with van der Waals surface area (Å²) in [7, 11) is 0. The summed E-state index contributed by atoms with van der Waals surface area (Å²) in [5.74, 6) is 0.134. The zero-order valence-electron chi connectivity index (χ0n) is 10.1. The third kappa shape index (κ3) is 3.18. The summed E-state index contributed by atoms with van der Waals surface area (Å²) in [5, 5.41) is 11.4. The molecule has 1 heterocycles. The van der Waals surface area contributed by atoms with E-state index in [4.69, 9.17) is 15.4 Å². The van der Waals surface area contributed by atoms with Crippen LogP contribution in [0.15, 0.2) is 34.9 Å². The molecule has 0 aliphatic carbocycles. The number of oxazole rings is 1. The Morgan fingerprint density at radius 1 is 1.53 bits per heavy atom. The lowest BCUT2D eigenvalue weighted by molar-refractivity contribution is 0.0995. The summed E-state index contributed by atoms with van der Waals surface area (Å²) in [6, 6.07) is 8.61. The van der Waals surface area contributed by atoms with Crippen molar-refractivity contribution in [3.63, 3.8) is 0 Å². The van der Waals surface area contributed by atoms with Gasteiger partial charge in [-0.2, -0.15) is 5.26 Å². The Kier molecular flexibility index (Phi) is 3.90. The van der Waals surface area contributed by atoms with Crippen molar-refractivity contribution in [3.8, 4) is 6.07 Å². The first-order chi connectivity index (χ1) is 9.22. The molecule has 96 valence electrons. The van der Waals surface area contributed by atoms with Crippen LogP contribution in [0, 0.1) is 11.3 Å². The van der Waals surface area contributed by atoms with Gasteiger partial charge in [0.25, 0.3) is 5.91 Å². The smallest absolute Gasteiger partial charge is 0.293 e. The number of hydrogen-bond acceptors (Lipinski definition) is 5. The van der Waals surface area contributed by atoms with Gasteiger partial charge in [0, 0.05) is 18.7 Å². The fourth-order valence-electron chi connectivity index (χ4n) is 1.51. The van der Waals surface area contributed by atoms with Crippen molar-refractivity contribution in [3.05, 3.63) is 47.7 Å². The molecule has 2 aromatic rings. The minimum Gasteiger partial charge on any atom is -0.435 e. The molecule has 0 aliphatic heterocycles. The first kappa shape index (κ1) is 12.8. The van der Waals surface area contributed by atoms with Crippen LogP contribution in [0.1, 0.15) is 22.0 Å². The highest BCUT2D eigenvalue weighted by Gasteiger charge is 2.12. The third-order valence-corrected chi connectivity index (χ3v) is 2.39. The van der Waals surface area contributed by atoms with Gasteiger partial charge in [-0.25, -0.2) is 4.98 Å². The number of carbonyl (C=O) groups is 1. The molecule has 0 unspecified atom stereocenters. The van der Waals surface area contributed by atoms with Crippen LogP contribution in [0.25, 0.3) is 0 Å². The summed E-state index contributed by atoms with van der Waals surface area (Å²) in [6.45, 7) is 0.409. The molecule has 0 atom stereocenters. The molecule has 0 bridgehead atoms. The minimum atomic E-state index is -0.411. The van der Waals surface area contributed by atoms with E-state index in [9.17, 15) is 4.79 Å². The van der Waals surface area contributed by atoms with Crippen LogP contribution in [0.3, 0.4) is 0 Å². The monoisotopic (exact) mass is 256 g/mol. The summed E-state index contributed by atoms with van der Waals surface area (Å²) in [5.41, 5.74) is 6.37. The van der Waals surface area contributed by atoms with Gasteiger partial charge in [0.05, 0.1) is 17.8 Å². The standard InChI is InChI=1S/C13H12N4O2/c14-5-4-12-16-8-11(19-12)13(18)17-10-3-1-2-9(6-10)7-15/h1-3,6,8H,4-5,14H2,(H,17,18). The minimum absolute atomic E-state index is 0.116. The molecule has 3 N–H and O–H groups in total. The van der Waals surface area contributed by atoms with E-state index < -0.39 is 5.91 Å². The van der Waals surface area contributed by atoms with Gasteiger partial charge in [0.15, 0.2) is 5.89 Å². The quantitative estimate of drug-likeness (QED) is 0.857. The van der Waals surface area contributed by atoms with Gasteiger partial charge in [-0.15, -0.1) is 0 Å². The van der Waals surface area contributed by atoms with Crippen LogP contribution >= 0.6 is 0 Å². The first-order valence-corrected chi connectivity index (χ1v) is 5.69. The third-order valence-electron chi connectivity index (χ3n) is 2.39. The molecule has 0 saturated carbocycles. The predicted octanol–water partition coefficient (Wildman–Crippen LogP) is 1.30. The Bertz CT molecular complexity index is 628. The van der Waals surface area contributed by atoms with Crippen LogP contribution in [0.2, 0.25) is 0 Å². The van der Waals surface area contributed by atoms with Gasteiger partial charge in [-0.05, 0) is 18.2 Å². The second-order valence-electron chi connectivity index (χ2n) is 3.80. The van der Waals surface area contributed by atoms with Crippen molar-refractivity contribution in [1.82, 2.24) is 4.98 Å². The summed E-state index contributed by atoms with van der Waals surface area (Å²) < 4.78 is 5.25. The highest BCUT2D eigenvalue weighted by Crippen LogP contribution is 2.12. The van der Waals surface area contributed by atoms with E-state index in [2.05, 4.69) is 10.3 Å². The van der Waals surface area contributed by atoms with Gasteiger partial charge in [-0.1, -0.05) is 6.07 Å². The SMILES string of the molecule is N#Cc1cccc(NC(=O)c2cnc(CCN)o2)c1. The topological polar surface area (TPSA) is 105 Å². The summed E-state index contributed by atoms with van der Waals surface area (Å²) >= 11 is 0. The molecule has 0 radical (unpaired) electrons. The lowest BCUT2D eigenvalue weighted by Crippen LogP contribution is -2.11. The summed E-state index contributed by atoms with van der Waals surface area (Å²) in [4.78, 5) is 15.8. The predicted molar refractivity (Wildman–Crippen MR) is 68.4 cm³/mol. The van der Waals surface area contributed by atoms with E-state index in [1.165, 1.54) is 6.20 Å². The van der Waals surface area contributed by atoms with E-state index in [1.807, 2.05) is 6.07 Å². The number of nitriles is 1. The van der Waals surface area contributed by atoms with E-state index in [1.54, 1.807) is 24.3 Å². The molecule has 2 rings (SSSR count). The fourth-order valence-corrected chi connectivity index (χ4v) is 1.51. The molecule has 6 nitrogen and oxygen atoms in total. The van der Waals surface area contributed by atoms with Crippen molar-refractivity contribution < 1.29 is 9.21 Å². The lowest BCUT2D eigenvalue weighted by atomic mass is 10.2. The number of benzene rings is 1. The lowest BCUT2D eigenvalue weighted by Gasteiger charge is -2.02. The molecule has 19 heavy (non-hydrogen) atoms. The number of nitrogens with zero attached hydrogens (tertiary/aromatic N) is 2. The van der Waals surface area contributed by atoms with Gasteiger partial charge in [0.1, 0.15) is 0 Å². The van der Waals surface area contributed by atoms with Crippen LogP contribution < -0.4 is 11.1 Å².